The number of aryl methyl sites for hydroxylation is 1. The summed E-state index contributed by atoms with van der Waals surface area (Å²) in [7, 11) is 1.48. The van der Waals surface area contributed by atoms with Crippen LogP contribution in [0, 0.1) is 18.8 Å². The Morgan fingerprint density at radius 1 is 1.06 bits per heavy atom. The molecule has 1 heterocycles. The molecule has 0 saturated heterocycles. The normalized spacial score (nSPS) is 9.89. The summed E-state index contributed by atoms with van der Waals surface area (Å²) in [5.74, 6) is 6.29. The van der Waals surface area contributed by atoms with Crippen LogP contribution >= 0.6 is 23.4 Å². The summed E-state index contributed by atoms with van der Waals surface area (Å²) in [4.78, 5) is 7.87. The van der Waals surface area contributed by atoms with Gasteiger partial charge in [0.2, 0.25) is 0 Å². The van der Waals surface area contributed by atoms with Gasteiger partial charge in [-0.15, -0.1) is 11.3 Å². The lowest BCUT2D eigenvalue weighted by atomic mass is 10.2. The Hall–Kier alpha value is -1.25. The van der Waals surface area contributed by atoms with Crippen LogP contribution in [-0.2, 0) is 9.22 Å². The van der Waals surface area contributed by atoms with Crippen LogP contribution in [0.15, 0.2) is 41.3 Å². The highest BCUT2D eigenvalue weighted by Crippen LogP contribution is 2.19. The molecule has 0 fully saturated rings. The molecule has 0 aliphatic carbocycles. The van der Waals surface area contributed by atoms with Crippen molar-refractivity contribution >= 4 is 23.4 Å². The minimum absolute atomic E-state index is 0.981. The lowest BCUT2D eigenvalue weighted by Crippen LogP contribution is -1.79. The largest absolute Gasteiger partial charge is 0.227 e. The summed E-state index contributed by atoms with van der Waals surface area (Å²) < 4.78 is 4.77. The Balaban J connectivity index is 2.04. The van der Waals surface area contributed by atoms with E-state index in [1.807, 2.05) is 30.3 Å². The van der Waals surface area contributed by atoms with Crippen molar-refractivity contribution in [3.63, 3.8) is 0 Å². The summed E-state index contributed by atoms with van der Waals surface area (Å²) in [6, 6.07) is 12.0. The molecular formula is C14H12O2S2. The number of thiophene rings is 1. The van der Waals surface area contributed by atoms with Crippen molar-refractivity contribution in [2.45, 2.75) is 11.8 Å². The molecule has 0 radical (unpaired) electrons. The molecule has 18 heavy (non-hydrogen) atoms. The lowest BCUT2D eigenvalue weighted by molar-refractivity contribution is -0.160. The van der Waals surface area contributed by atoms with Gasteiger partial charge in [-0.3, -0.25) is 0 Å². The Kier molecular flexibility index (Phi) is 4.85. The zero-order chi connectivity index (χ0) is 12.8. The Morgan fingerprint density at radius 2 is 1.83 bits per heavy atom. The molecule has 0 bridgehead atoms. The third-order valence-corrected chi connectivity index (χ3v) is 3.71. The monoisotopic (exact) mass is 276 g/mol. The smallest absolute Gasteiger partial charge is 0.0775 e. The first kappa shape index (κ1) is 13.2. The standard InChI is InChI=1S/C14H12O2S2/c1-11-3-7-13(17-11)8-4-12-5-9-14(10-6-12)18-16-15-2/h3,5-7,9-10H,1-2H3. The van der Waals surface area contributed by atoms with E-state index in [1.165, 1.54) is 24.0 Å². The third-order valence-electron chi connectivity index (χ3n) is 2.12. The summed E-state index contributed by atoms with van der Waals surface area (Å²) in [5, 5.41) is 0. The van der Waals surface area contributed by atoms with Crippen molar-refractivity contribution in [3.8, 4) is 11.8 Å². The molecule has 0 N–H and O–H groups in total. The lowest BCUT2D eigenvalue weighted by Gasteiger charge is -1.97. The molecule has 0 aliphatic rings. The number of rotatable bonds is 3. The van der Waals surface area contributed by atoms with Gasteiger partial charge in [0.05, 0.1) is 24.0 Å². The fourth-order valence-corrected chi connectivity index (χ4v) is 2.42. The highest BCUT2D eigenvalue weighted by Gasteiger charge is 1.95. The van der Waals surface area contributed by atoms with Crippen molar-refractivity contribution in [2.75, 3.05) is 7.11 Å². The third kappa shape index (κ3) is 3.90. The number of hydrogen-bond donors (Lipinski definition) is 0. The SMILES string of the molecule is COOSc1ccc(C#Cc2ccc(C)s2)cc1. The van der Waals surface area contributed by atoms with E-state index in [9.17, 15) is 0 Å². The fourth-order valence-electron chi connectivity index (χ4n) is 1.30. The van der Waals surface area contributed by atoms with Crippen molar-refractivity contribution in [1.29, 1.82) is 0 Å². The maximum atomic E-state index is 4.77. The van der Waals surface area contributed by atoms with Crippen LogP contribution in [0.4, 0.5) is 0 Å². The minimum Gasteiger partial charge on any atom is -0.227 e. The van der Waals surface area contributed by atoms with Crippen LogP contribution in [0.25, 0.3) is 0 Å². The van der Waals surface area contributed by atoms with Gasteiger partial charge >= 0.3 is 0 Å². The molecule has 1 aromatic heterocycles. The zero-order valence-corrected chi connectivity index (χ0v) is 11.7. The van der Waals surface area contributed by atoms with Crippen LogP contribution < -0.4 is 0 Å². The highest BCUT2D eigenvalue weighted by atomic mass is 32.2. The van der Waals surface area contributed by atoms with Crippen LogP contribution in [-0.4, -0.2) is 7.11 Å². The van der Waals surface area contributed by atoms with Crippen molar-refractivity contribution < 1.29 is 9.22 Å². The van der Waals surface area contributed by atoms with E-state index in [0.717, 1.165) is 15.3 Å². The predicted molar refractivity (Wildman–Crippen MR) is 75.4 cm³/mol. The molecule has 2 aromatic rings. The van der Waals surface area contributed by atoms with Gasteiger partial charge in [0, 0.05) is 15.3 Å². The van der Waals surface area contributed by atoms with Gasteiger partial charge in [0.1, 0.15) is 0 Å². The first-order valence-electron chi connectivity index (χ1n) is 5.34. The average molecular weight is 276 g/mol. The van der Waals surface area contributed by atoms with E-state index < -0.39 is 0 Å². The van der Waals surface area contributed by atoms with Gasteiger partial charge in [-0.05, 0) is 43.3 Å². The predicted octanol–water partition coefficient (Wildman–Crippen LogP) is 4.04. The molecule has 0 unspecified atom stereocenters. The van der Waals surface area contributed by atoms with Crippen LogP contribution in [0.5, 0.6) is 0 Å². The summed E-state index contributed by atoms with van der Waals surface area (Å²) in [5.41, 5.74) is 0.989. The first-order chi connectivity index (χ1) is 8.78. The Bertz CT molecular complexity index is 561. The van der Waals surface area contributed by atoms with E-state index >= 15 is 0 Å². The second-order valence-corrected chi connectivity index (χ2v) is 5.56. The molecular weight excluding hydrogens is 264 g/mol. The van der Waals surface area contributed by atoms with Crippen LogP contribution in [0.1, 0.15) is 15.3 Å². The molecule has 0 aliphatic heterocycles. The molecule has 2 nitrogen and oxygen atoms in total. The molecule has 92 valence electrons. The quantitative estimate of drug-likeness (QED) is 0.365. The van der Waals surface area contributed by atoms with Crippen molar-refractivity contribution in [3.05, 3.63) is 51.7 Å². The molecule has 1 aromatic carbocycles. The first-order valence-corrected chi connectivity index (χ1v) is 6.89. The number of hydrogen-bond acceptors (Lipinski definition) is 4. The average Bonchev–Trinajstić information content (AvgIpc) is 2.81. The summed E-state index contributed by atoms with van der Waals surface area (Å²) >= 11 is 2.89. The molecule has 2 rings (SSSR count). The van der Waals surface area contributed by atoms with Gasteiger partial charge in [0.25, 0.3) is 0 Å². The Labute approximate surface area is 115 Å². The summed E-state index contributed by atoms with van der Waals surface area (Å²) in [6.07, 6.45) is 0. The highest BCUT2D eigenvalue weighted by molar-refractivity contribution is 7.94. The van der Waals surface area contributed by atoms with E-state index in [-0.39, 0.29) is 0 Å². The molecule has 0 amide bonds. The van der Waals surface area contributed by atoms with E-state index in [0.29, 0.717) is 0 Å². The fraction of sp³-hybridized carbons (Fsp3) is 0.143. The van der Waals surface area contributed by atoms with Crippen LogP contribution in [0.2, 0.25) is 0 Å². The van der Waals surface area contributed by atoms with E-state index in [1.54, 1.807) is 11.3 Å². The molecule has 0 saturated carbocycles. The molecule has 4 heteroatoms. The second kappa shape index (κ2) is 6.62. The van der Waals surface area contributed by atoms with Gasteiger partial charge in [-0.25, -0.2) is 4.89 Å². The van der Waals surface area contributed by atoms with E-state index in [2.05, 4.69) is 29.7 Å². The molecule has 0 atom stereocenters. The number of benzene rings is 1. The van der Waals surface area contributed by atoms with Gasteiger partial charge in [-0.1, -0.05) is 11.8 Å². The van der Waals surface area contributed by atoms with Gasteiger partial charge < -0.3 is 0 Å². The molecule has 0 spiro atoms. The van der Waals surface area contributed by atoms with Gasteiger partial charge in [0.15, 0.2) is 0 Å². The van der Waals surface area contributed by atoms with Crippen molar-refractivity contribution in [1.82, 2.24) is 0 Å². The minimum atomic E-state index is 0.981. The zero-order valence-electron chi connectivity index (χ0n) is 10.1. The van der Waals surface area contributed by atoms with E-state index in [4.69, 9.17) is 4.33 Å². The second-order valence-electron chi connectivity index (χ2n) is 3.50. The van der Waals surface area contributed by atoms with Crippen molar-refractivity contribution in [2.24, 2.45) is 0 Å². The topological polar surface area (TPSA) is 18.5 Å². The Morgan fingerprint density at radius 3 is 2.44 bits per heavy atom. The van der Waals surface area contributed by atoms with Gasteiger partial charge in [-0.2, -0.15) is 4.33 Å². The van der Waals surface area contributed by atoms with Crippen LogP contribution in [0.3, 0.4) is 0 Å². The summed E-state index contributed by atoms with van der Waals surface area (Å²) in [6.45, 7) is 2.08. The maximum absolute atomic E-state index is 4.77. The maximum Gasteiger partial charge on any atom is 0.0775 e.